The molecule has 0 bridgehead atoms. The summed E-state index contributed by atoms with van der Waals surface area (Å²) in [5.41, 5.74) is 0.913. The Labute approximate surface area is 109 Å². The number of hydrogen-bond acceptors (Lipinski definition) is 3. The van der Waals surface area contributed by atoms with E-state index in [0.717, 1.165) is 5.56 Å². The summed E-state index contributed by atoms with van der Waals surface area (Å²) in [5, 5.41) is 0.946. The summed E-state index contributed by atoms with van der Waals surface area (Å²) in [6, 6.07) is 5.24. The second kappa shape index (κ2) is 5.07. The molecule has 0 spiro atoms. The van der Waals surface area contributed by atoms with Crippen LogP contribution in [-0.4, -0.2) is 11.9 Å². The highest BCUT2D eigenvalue weighted by molar-refractivity contribution is 6.42. The Bertz CT molecular complexity index is 471. The average Bonchev–Trinajstić information content (AvgIpc) is 2.27. The van der Waals surface area contributed by atoms with Crippen LogP contribution in [0.15, 0.2) is 18.2 Å². The van der Waals surface area contributed by atoms with Crippen LogP contribution in [0, 0.1) is 5.92 Å². The zero-order chi connectivity index (χ0) is 12.4. The van der Waals surface area contributed by atoms with Gasteiger partial charge in [-0.15, -0.1) is 0 Å². The third kappa shape index (κ3) is 2.99. The maximum Gasteiger partial charge on any atom is 0.316 e. The van der Waals surface area contributed by atoms with Crippen molar-refractivity contribution in [2.75, 3.05) is 0 Å². The molecular formula is C12H10Cl2O3. The average molecular weight is 273 g/mol. The van der Waals surface area contributed by atoms with E-state index in [2.05, 4.69) is 4.74 Å². The van der Waals surface area contributed by atoms with Gasteiger partial charge in [-0.25, -0.2) is 0 Å². The molecule has 2 rings (SSSR count). The van der Waals surface area contributed by atoms with Crippen LogP contribution in [0.3, 0.4) is 0 Å². The molecule has 0 saturated carbocycles. The Kier molecular flexibility index (Phi) is 3.69. The Morgan fingerprint density at radius 3 is 2.65 bits per heavy atom. The summed E-state index contributed by atoms with van der Waals surface area (Å²) in [5.74, 6) is -1.17. The number of benzene rings is 1. The number of hydrogen-bond donors (Lipinski definition) is 0. The first-order chi connectivity index (χ1) is 8.06. The third-order valence-electron chi connectivity index (χ3n) is 2.71. The smallest absolute Gasteiger partial charge is 0.316 e. The van der Waals surface area contributed by atoms with Crippen LogP contribution < -0.4 is 0 Å². The molecule has 1 aliphatic rings. The molecule has 0 N–H and O–H groups in total. The number of carbonyl (C=O) groups is 2. The van der Waals surface area contributed by atoms with Crippen LogP contribution >= 0.6 is 23.2 Å². The van der Waals surface area contributed by atoms with Gasteiger partial charge < -0.3 is 4.74 Å². The van der Waals surface area contributed by atoms with Crippen molar-refractivity contribution < 1.29 is 14.3 Å². The van der Waals surface area contributed by atoms with Gasteiger partial charge in [-0.2, -0.15) is 0 Å². The number of esters is 2. The first-order valence-corrected chi connectivity index (χ1v) is 6.00. The van der Waals surface area contributed by atoms with E-state index in [9.17, 15) is 9.59 Å². The first-order valence-electron chi connectivity index (χ1n) is 5.24. The maximum atomic E-state index is 11.5. The van der Waals surface area contributed by atoms with Gasteiger partial charge in [-0.05, 0) is 30.5 Å². The summed E-state index contributed by atoms with van der Waals surface area (Å²) >= 11 is 11.7. The Morgan fingerprint density at radius 1 is 1.24 bits per heavy atom. The molecule has 1 aliphatic heterocycles. The summed E-state index contributed by atoms with van der Waals surface area (Å²) in [6.45, 7) is 0. The Balaban J connectivity index is 2.08. The van der Waals surface area contributed by atoms with E-state index in [1.54, 1.807) is 12.1 Å². The highest BCUT2D eigenvalue weighted by Crippen LogP contribution is 2.26. The molecule has 90 valence electrons. The Morgan fingerprint density at radius 2 is 2.00 bits per heavy atom. The van der Waals surface area contributed by atoms with Crippen molar-refractivity contribution in [3.63, 3.8) is 0 Å². The lowest BCUT2D eigenvalue weighted by atomic mass is 9.93. The standard InChI is InChI=1S/C12H10Cl2O3/c13-9-3-1-7(6-10(9)14)5-8-2-4-11(15)17-12(8)16/h1,3,6,8H,2,4-5H2. The molecule has 1 aromatic carbocycles. The lowest BCUT2D eigenvalue weighted by Crippen LogP contribution is -2.29. The van der Waals surface area contributed by atoms with Crippen molar-refractivity contribution in [1.29, 1.82) is 0 Å². The number of halogens is 2. The minimum atomic E-state index is -0.452. The van der Waals surface area contributed by atoms with Crippen LogP contribution in [0.4, 0.5) is 0 Å². The molecule has 1 fully saturated rings. The first kappa shape index (κ1) is 12.4. The fourth-order valence-electron chi connectivity index (χ4n) is 1.79. The molecule has 1 saturated heterocycles. The van der Waals surface area contributed by atoms with Crippen molar-refractivity contribution >= 4 is 35.1 Å². The fraction of sp³-hybridized carbons (Fsp3) is 0.333. The number of rotatable bonds is 2. The number of carbonyl (C=O) groups excluding carboxylic acids is 2. The normalized spacial score (nSPS) is 20.2. The van der Waals surface area contributed by atoms with Crippen LogP contribution in [0.2, 0.25) is 10.0 Å². The SMILES string of the molecule is O=C1CCC(Cc2ccc(Cl)c(Cl)c2)C(=O)O1. The van der Waals surface area contributed by atoms with Gasteiger partial charge in [-0.1, -0.05) is 29.3 Å². The topological polar surface area (TPSA) is 43.4 Å². The van der Waals surface area contributed by atoms with E-state index in [4.69, 9.17) is 23.2 Å². The lowest BCUT2D eigenvalue weighted by molar-refractivity contribution is -0.167. The van der Waals surface area contributed by atoms with E-state index in [0.29, 0.717) is 22.9 Å². The molecule has 1 aromatic rings. The van der Waals surface area contributed by atoms with Crippen LogP contribution in [0.25, 0.3) is 0 Å². The number of ether oxygens (including phenoxy) is 1. The van der Waals surface area contributed by atoms with Crippen LogP contribution in [-0.2, 0) is 20.7 Å². The zero-order valence-corrected chi connectivity index (χ0v) is 10.4. The minimum absolute atomic E-state index is 0.273. The molecule has 0 aromatic heterocycles. The van der Waals surface area contributed by atoms with Crippen molar-refractivity contribution in [3.8, 4) is 0 Å². The van der Waals surface area contributed by atoms with Crippen molar-refractivity contribution in [2.24, 2.45) is 5.92 Å². The van der Waals surface area contributed by atoms with Crippen molar-refractivity contribution in [2.45, 2.75) is 19.3 Å². The van der Waals surface area contributed by atoms with E-state index in [-0.39, 0.29) is 12.3 Å². The van der Waals surface area contributed by atoms with E-state index in [1.807, 2.05) is 6.07 Å². The largest absolute Gasteiger partial charge is 0.393 e. The highest BCUT2D eigenvalue weighted by atomic mass is 35.5. The van der Waals surface area contributed by atoms with Gasteiger partial charge in [0.25, 0.3) is 0 Å². The van der Waals surface area contributed by atoms with E-state index in [1.165, 1.54) is 0 Å². The molecule has 1 heterocycles. The molecule has 0 amide bonds. The van der Waals surface area contributed by atoms with Crippen LogP contribution in [0.5, 0.6) is 0 Å². The number of cyclic esters (lactones) is 2. The van der Waals surface area contributed by atoms with Gasteiger partial charge in [0.1, 0.15) is 0 Å². The third-order valence-corrected chi connectivity index (χ3v) is 3.45. The summed E-state index contributed by atoms with van der Waals surface area (Å²) < 4.78 is 4.59. The van der Waals surface area contributed by atoms with Gasteiger partial charge in [-0.3, -0.25) is 9.59 Å². The minimum Gasteiger partial charge on any atom is -0.393 e. The van der Waals surface area contributed by atoms with Gasteiger partial charge >= 0.3 is 11.9 Å². The lowest BCUT2D eigenvalue weighted by Gasteiger charge is -2.19. The van der Waals surface area contributed by atoms with Gasteiger partial charge in [0.2, 0.25) is 0 Å². The monoisotopic (exact) mass is 272 g/mol. The highest BCUT2D eigenvalue weighted by Gasteiger charge is 2.28. The van der Waals surface area contributed by atoms with Crippen molar-refractivity contribution in [3.05, 3.63) is 33.8 Å². The summed E-state index contributed by atoms with van der Waals surface area (Å²) in [7, 11) is 0. The second-order valence-electron chi connectivity index (χ2n) is 3.98. The predicted molar refractivity (Wildman–Crippen MR) is 64.0 cm³/mol. The molecule has 0 radical (unpaired) electrons. The fourth-order valence-corrected chi connectivity index (χ4v) is 2.11. The molecule has 0 aliphatic carbocycles. The molecule has 17 heavy (non-hydrogen) atoms. The summed E-state index contributed by atoms with van der Waals surface area (Å²) in [6.07, 6.45) is 1.33. The molecule has 1 atom stereocenters. The van der Waals surface area contributed by atoms with E-state index < -0.39 is 11.9 Å². The van der Waals surface area contributed by atoms with Crippen molar-refractivity contribution in [1.82, 2.24) is 0 Å². The van der Waals surface area contributed by atoms with Crippen LogP contribution in [0.1, 0.15) is 18.4 Å². The molecule has 1 unspecified atom stereocenters. The van der Waals surface area contributed by atoms with Gasteiger partial charge in [0, 0.05) is 6.42 Å². The Hall–Kier alpha value is -1.06. The predicted octanol–water partition coefficient (Wildman–Crippen LogP) is 3.02. The molecular weight excluding hydrogens is 263 g/mol. The van der Waals surface area contributed by atoms with Gasteiger partial charge in [0.15, 0.2) is 0 Å². The molecule has 3 nitrogen and oxygen atoms in total. The quantitative estimate of drug-likeness (QED) is 0.614. The van der Waals surface area contributed by atoms with E-state index >= 15 is 0 Å². The maximum absolute atomic E-state index is 11.5. The molecule has 5 heteroatoms. The van der Waals surface area contributed by atoms with Gasteiger partial charge in [0.05, 0.1) is 16.0 Å². The second-order valence-corrected chi connectivity index (χ2v) is 4.80. The zero-order valence-electron chi connectivity index (χ0n) is 8.91. The summed E-state index contributed by atoms with van der Waals surface area (Å²) in [4.78, 5) is 22.3.